The van der Waals surface area contributed by atoms with Crippen LogP contribution in [0.15, 0.2) is 36.4 Å². The van der Waals surface area contributed by atoms with Crippen LogP contribution in [-0.4, -0.2) is 41.9 Å². The van der Waals surface area contributed by atoms with Crippen molar-refractivity contribution in [2.75, 3.05) is 22.6 Å². The zero-order chi connectivity index (χ0) is 22.5. The summed E-state index contributed by atoms with van der Waals surface area (Å²) in [6.45, 7) is 1.65. The van der Waals surface area contributed by atoms with Crippen molar-refractivity contribution in [1.29, 1.82) is 0 Å². The number of anilines is 2. The molecule has 0 radical (unpaired) electrons. The van der Waals surface area contributed by atoms with Gasteiger partial charge in [-0.1, -0.05) is 23.2 Å². The summed E-state index contributed by atoms with van der Waals surface area (Å²) >= 11 is 13.6. The molecular formula is C21H21Cl2N3O4S. The van der Waals surface area contributed by atoms with Crippen molar-refractivity contribution in [3.05, 3.63) is 52.0 Å². The quantitative estimate of drug-likeness (QED) is 0.550. The van der Waals surface area contributed by atoms with Gasteiger partial charge in [-0.25, -0.2) is 0 Å². The van der Waals surface area contributed by atoms with Crippen LogP contribution in [0.2, 0.25) is 10.0 Å². The zero-order valence-electron chi connectivity index (χ0n) is 16.8. The van der Waals surface area contributed by atoms with Crippen molar-refractivity contribution in [1.82, 2.24) is 5.32 Å². The monoisotopic (exact) mass is 481 g/mol. The third-order valence-corrected chi connectivity index (χ3v) is 5.78. The molecule has 31 heavy (non-hydrogen) atoms. The molecule has 164 valence electrons. The fourth-order valence-corrected chi connectivity index (χ4v) is 3.90. The zero-order valence-corrected chi connectivity index (χ0v) is 19.2. The molecule has 3 amide bonds. The number of fused-ring (bicyclic) bond motifs is 1. The molecule has 1 aliphatic heterocycles. The summed E-state index contributed by atoms with van der Waals surface area (Å²) < 4.78 is 5.52. The number of halogens is 2. The highest BCUT2D eigenvalue weighted by Crippen LogP contribution is 2.32. The van der Waals surface area contributed by atoms with Crippen LogP contribution in [0.5, 0.6) is 5.75 Å². The molecule has 3 rings (SSSR count). The second-order valence-corrected chi connectivity index (χ2v) is 8.71. The first-order valence-electron chi connectivity index (χ1n) is 9.45. The fourth-order valence-electron chi connectivity index (χ4n) is 2.93. The highest BCUT2D eigenvalue weighted by Gasteiger charge is 2.25. The standard InChI is InChI=1S/C21H21Cl2N3O4S/c1-11-19(27)26-17-10-13(4-6-18(17)30-11)24-21(29)16(7-8-31-2)25-20(28)14-5-3-12(22)9-15(14)23/h3-6,9-11,16H,7-8H2,1-2H3,(H,24,29)(H,25,28)(H,26,27)/t11-,16-/m0/s1. The van der Waals surface area contributed by atoms with Crippen LogP contribution >= 0.6 is 35.0 Å². The highest BCUT2D eigenvalue weighted by molar-refractivity contribution is 7.98. The third kappa shape index (κ3) is 5.84. The molecule has 3 N–H and O–H groups in total. The Kier molecular flexibility index (Phi) is 7.69. The minimum Gasteiger partial charge on any atom is -0.479 e. The predicted octanol–water partition coefficient (Wildman–Crippen LogP) is 4.20. The number of nitrogens with one attached hydrogen (secondary N) is 3. The molecule has 0 saturated heterocycles. The van der Waals surface area contributed by atoms with Gasteiger partial charge in [0.1, 0.15) is 11.8 Å². The molecule has 0 fully saturated rings. The van der Waals surface area contributed by atoms with E-state index in [1.54, 1.807) is 43.0 Å². The molecule has 0 unspecified atom stereocenters. The topological polar surface area (TPSA) is 96.5 Å². The lowest BCUT2D eigenvalue weighted by atomic mass is 10.1. The number of rotatable bonds is 7. The van der Waals surface area contributed by atoms with Crippen molar-refractivity contribution in [3.8, 4) is 5.75 Å². The number of carbonyl (C=O) groups excluding carboxylic acids is 3. The number of hydrogen-bond donors (Lipinski definition) is 3. The lowest BCUT2D eigenvalue weighted by Gasteiger charge is -2.24. The van der Waals surface area contributed by atoms with E-state index >= 15 is 0 Å². The summed E-state index contributed by atoms with van der Waals surface area (Å²) in [5, 5.41) is 8.87. The normalized spacial score (nSPS) is 15.9. The highest BCUT2D eigenvalue weighted by atomic mass is 35.5. The van der Waals surface area contributed by atoms with E-state index in [1.165, 1.54) is 12.1 Å². The molecule has 0 saturated carbocycles. The van der Waals surface area contributed by atoms with E-state index in [4.69, 9.17) is 27.9 Å². The number of carbonyl (C=O) groups is 3. The Morgan fingerprint density at radius 1 is 1.23 bits per heavy atom. The number of benzene rings is 2. The summed E-state index contributed by atoms with van der Waals surface area (Å²) in [5.74, 6) is 0.0705. The van der Waals surface area contributed by atoms with Gasteiger partial charge >= 0.3 is 0 Å². The van der Waals surface area contributed by atoms with Crippen molar-refractivity contribution in [3.63, 3.8) is 0 Å². The lowest BCUT2D eigenvalue weighted by molar-refractivity contribution is -0.122. The maximum absolute atomic E-state index is 12.9. The third-order valence-electron chi connectivity index (χ3n) is 4.59. The molecule has 2 aromatic rings. The van der Waals surface area contributed by atoms with Crippen LogP contribution < -0.4 is 20.7 Å². The van der Waals surface area contributed by atoms with E-state index in [0.717, 1.165) is 0 Å². The summed E-state index contributed by atoms with van der Waals surface area (Å²) in [7, 11) is 0. The summed E-state index contributed by atoms with van der Waals surface area (Å²) in [6, 6.07) is 8.71. The predicted molar refractivity (Wildman–Crippen MR) is 125 cm³/mol. The summed E-state index contributed by atoms with van der Waals surface area (Å²) in [4.78, 5) is 37.4. The molecule has 7 nitrogen and oxygen atoms in total. The number of thioether (sulfide) groups is 1. The minimum atomic E-state index is -0.784. The van der Waals surface area contributed by atoms with E-state index < -0.39 is 18.1 Å². The van der Waals surface area contributed by atoms with Crippen molar-refractivity contribution in [2.45, 2.75) is 25.5 Å². The van der Waals surface area contributed by atoms with Gasteiger partial charge in [0.05, 0.1) is 16.3 Å². The largest absolute Gasteiger partial charge is 0.479 e. The molecule has 2 aromatic carbocycles. The van der Waals surface area contributed by atoms with Crippen molar-refractivity contribution >= 4 is 64.1 Å². The first kappa shape index (κ1) is 23.2. The SMILES string of the molecule is CSCC[C@H](NC(=O)c1ccc(Cl)cc1Cl)C(=O)Nc1ccc2c(c1)NC(=O)[C@H](C)O2. The fraction of sp³-hybridized carbons (Fsp3) is 0.286. The Hall–Kier alpha value is -2.42. The van der Waals surface area contributed by atoms with Crippen LogP contribution in [0.25, 0.3) is 0 Å². The molecule has 10 heteroatoms. The van der Waals surface area contributed by atoms with E-state index in [-0.39, 0.29) is 22.4 Å². The van der Waals surface area contributed by atoms with Gasteiger partial charge in [-0.2, -0.15) is 11.8 Å². The smallest absolute Gasteiger partial charge is 0.265 e. The average molecular weight is 482 g/mol. The van der Waals surface area contributed by atoms with Gasteiger partial charge in [-0.15, -0.1) is 0 Å². The minimum absolute atomic E-state index is 0.202. The Balaban J connectivity index is 1.73. The van der Waals surface area contributed by atoms with Crippen molar-refractivity contribution < 1.29 is 19.1 Å². The van der Waals surface area contributed by atoms with Gasteiger partial charge in [-0.3, -0.25) is 14.4 Å². The Bertz CT molecular complexity index is 1020. The first-order valence-corrected chi connectivity index (χ1v) is 11.6. The summed E-state index contributed by atoms with van der Waals surface area (Å²) in [5.41, 5.74) is 1.17. The van der Waals surface area contributed by atoms with E-state index in [2.05, 4.69) is 16.0 Å². The maximum atomic E-state index is 12.9. The summed E-state index contributed by atoms with van der Waals surface area (Å²) in [6.07, 6.45) is 1.76. The van der Waals surface area contributed by atoms with Gasteiger partial charge in [0.15, 0.2) is 6.10 Å². The van der Waals surface area contributed by atoms with Crippen LogP contribution in [0.3, 0.4) is 0 Å². The number of hydrogen-bond acceptors (Lipinski definition) is 5. The second kappa shape index (κ2) is 10.3. The van der Waals surface area contributed by atoms with Gasteiger partial charge in [-0.05, 0) is 61.8 Å². The Morgan fingerprint density at radius 2 is 2.00 bits per heavy atom. The molecule has 2 atom stereocenters. The molecule has 0 spiro atoms. The first-order chi connectivity index (χ1) is 14.8. The van der Waals surface area contributed by atoms with Gasteiger partial charge in [0, 0.05) is 10.7 Å². The van der Waals surface area contributed by atoms with Gasteiger partial charge in [0.2, 0.25) is 5.91 Å². The Morgan fingerprint density at radius 3 is 2.71 bits per heavy atom. The number of ether oxygens (including phenoxy) is 1. The number of amides is 3. The van der Waals surface area contributed by atoms with Gasteiger partial charge < -0.3 is 20.7 Å². The van der Waals surface area contributed by atoms with Crippen molar-refractivity contribution in [2.24, 2.45) is 0 Å². The lowest BCUT2D eigenvalue weighted by Crippen LogP contribution is -2.44. The van der Waals surface area contributed by atoms with Crippen LogP contribution in [0, 0.1) is 0 Å². The average Bonchev–Trinajstić information content (AvgIpc) is 2.71. The molecule has 0 bridgehead atoms. The Labute approximate surface area is 194 Å². The molecular weight excluding hydrogens is 461 g/mol. The van der Waals surface area contributed by atoms with Crippen LogP contribution in [-0.2, 0) is 9.59 Å². The molecule has 0 aliphatic carbocycles. The van der Waals surface area contributed by atoms with E-state index in [9.17, 15) is 14.4 Å². The van der Waals surface area contributed by atoms with Crippen LogP contribution in [0.1, 0.15) is 23.7 Å². The maximum Gasteiger partial charge on any atom is 0.265 e. The molecule has 1 aliphatic rings. The van der Waals surface area contributed by atoms with E-state index in [0.29, 0.717) is 34.3 Å². The second-order valence-electron chi connectivity index (χ2n) is 6.88. The van der Waals surface area contributed by atoms with Crippen LogP contribution in [0.4, 0.5) is 11.4 Å². The molecule has 1 heterocycles. The molecule has 0 aromatic heterocycles. The van der Waals surface area contributed by atoms with E-state index in [1.807, 2.05) is 6.26 Å². The van der Waals surface area contributed by atoms with Gasteiger partial charge in [0.25, 0.3) is 11.8 Å².